The summed E-state index contributed by atoms with van der Waals surface area (Å²) in [7, 11) is 0. The van der Waals surface area contributed by atoms with Crippen molar-refractivity contribution in [2.45, 2.75) is 63.7 Å². The molecule has 1 amide bonds. The van der Waals surface area contributed by atoms with Gasteiger partial charge in [0.15, 0.2) is 5.13 Å². The average molecular weight is 465 g/mol. The maximum absolute atomic E-state index is 13.0. The molecule has 0 fully saturated rings. The van der Waals surface area contributed by atoms with Gasteiger partial charge < -0.3 is 5.32 Å². The summed E-state index contributed by atoms with van der Waals surface area (Å²) in [4.78, 5) is 22.4. The predicted molar refractivity (Wildman–Crippen MR) is 132 cm³/mol. The molecule has 2 aromatic heterocycles. The molecule has 166 valence electrons. The second kappa shape index (κ2) is 9.21. The first-order valence-corrected chi connectivity index (χ1v) is 12.7. The molecule has 2 atom stereocenters. The lowest BCUT2D eigenvalue weighted by Gasteiger charge is -2.34. The van der Waals surface area contributed by atoms with Crippen molar-refractivity contribution in [3.05, 3.63) is 47.2 Å². The number of nitriles is 1. The molecule has 1 N–H and O–H groups in total. The Hall–Kier alpha value is -2.43. The molecule has 0 saturated heterocycles. The number of thiazole rings is 1. The monoisotopic (exact) mass is 464 g/mol. The van der Waals surface area contributed by atoms with Gasteiger partial charge in [-0.25, -0.2) is 9.97 Å². The normalized spacial score (nSPS) is 16.9. The second-order valence-electron chi connectivity index (χ2n) is 9.36. The first-order chi connectivity index (χ1) is 15.3. The summed E-state index contributed by atoms with van der Waals surface area (Å²) in [5, 5.41) is 13.7. The van der Waals surface area contributed by atoms with Gasteiger partial charge in [0.05, 0.1) is 21.0 Å². The Balaban J connectivity index is 1.52. The number of carbonyl (C=O) groups is 1. The number of rotatable bonds is 5. The molecule has 4 rings (SSSR count). The van der Waals surface area contributed by atoms with Crippen LogP contribution < -0.4 is 5.32 Å². The van der Waals surface area contributed by atoms with Crippen LogP contribution in [0.3, 0.4) is 0 Å². The molecule has 32 heavy (non-hydrogen) atoms. The molecule has 3 aromatic rings. The van der Waals surface area contributed by atoms with Crippen LogP contribution in [0, 0.1) is 22.7 Å². The van der Waals surface area contributed by atoms with Gasteiger partial charge >= 0.3 is 0 Å². The van der Waals surface area contributed by atoms with Gasteiger partial charge in [0.1, 0.15) is 11.1 Å². The number of pyridine rings is 1. The number of hydrogen-bond acceptors (Lipinski definition) is 6. The van der Waals surface area contributed by atoms with Crippen molar-refractivity contribution >= 4 is 44.4 Å². The zero-order chi connectivity index (χ0) is 22.9. The number of benzene rings is 1. The Morgan fingerprint density at radius 2 is 2.12 bits per heavy atom. The topological polar surface area (TPSA) is 78.7 Å². The number of amides is 1. The molecule has 2 unspecified atom stereocenters. The Morgan fingerprint density at radius 3 is 2.81 bits per heavy atom. The molecule has 1 aliphatic rings. The number of aryl methyl sites for hydroxylation is 1. The quantitative estimate of drug-likeness (QED) is 0.453. The van der Waals surface area contributed by atoms with E-state index in [1.165, 1.54) is 28.7 Å². The van der Waals surface area contributed by atoms with Gasteiger partial charge in [0.2, 0.25) is 5.91 Å². The van der Waals surface area contributed by atoms with Crippen molar-refractivity contribution in [2.24, 2.45) is 11.3 Å². The third-order valence-corrected chi connectivity index (χ3v) is 8.46. The van der Waals surface area contributed by atoms with E-state index in [4.69, 9.17) is 4.98 Å². The van der Waals surface area contributed by atoms with E-state index in [2.05, 4.69) is 37.1 Å². The Morgan fingerprint density at radius 1 is 1.34 bits per heavy atom. The zero-order valence-electron chi connectivity index (χ0n) is 18.9. The number of nitrogens with one attached hydrogen (secondary N) is 1. The molecule has 1 aliphatic carbocycles. The van der Waals surface area contributed by atoms with E-state index < -0.39 is 0 Å². The summed E-state index contributed by atoms with van der Waals surface area (Å²) in [6.45, 7) is 8.82. The molecule has 5 nitrogen and oxygen atoms in total. The minimum absolute atomic E-state index is 0.104. The van der Waals surface area contributed by atoms with Crippen LogP contribution >= 0.6 is 23.1 Å². The van der Waals surface area contributed by atoms with E-state index in [9.17, 15) is 10.1 Å². The maximum atomic E-state index is 13.0. The van der Waals surface area contributed by atoms with Crippen LogP contribution in [-0.4, -0.2) is 21.1 Å². The summed E-state index contributed by atoms with van der Waals surface area (Å²) in [6.07, 6.45) is 3.62. The summed E-state index contributed by atoms with van der Waals surface area (Å²) >= 11 is 2.85. The maximum Gasteiger partial charge on any atom is 0.239 e. The average Bonchev–Trinajstić information content (AvgIpc) is 3.17. The van der Waals surface area contributed by atoms with Crippen LogP contribution in [0.2, 0.25) is 0 Å². The summed E-state index contributed by atoms with van der Waals surface area (Å²) in [5.41, 5.74) is 3.95. The molecule has 1 aromatic carbocycles. The fourth-order valence-corrected chi connectivity index (χ4v) is 5.99. The minimum atomic E-state index is -0.342. The fourth-order valence-electron chi connectivity index (χ4n) is 4.12. The Kier molecular flexibility index (Phi) is 6.55. The molecule has 0 spiro atoms. The molecule has 0 radical (unpaired) electrons. The van der Waals surface area contributed by atoms with Gasteiger partial charge in [-0.2, -0.15) is 5.26 Å². The lowest BCUT2D eigenvalue weighted by Crippen LogP contribution is -2.28. The molecule has 0 saturated carbocycles. The minimum Gasteiger partial charge on any atom is -0.301 e. The molecular formula is C25H28N4OS2. The number of aromatic nitrogens is 2. The molecule has 7 heteroatoms. The smallest absolute Gasteiger partial charge is 0.239 e. The van der Waals surface area contributed by atoms with Crippen molar-refractivity contribution in [2.75, 3.05) is 5.32 Å². The number of carbonyl (C=O) groups excluding carboxylic acids is 1. The third-order valence-electron chi connectivity index (χ3n) is 6.14. The van der Waals surface area contributed by atoms with Gasteiger partial charge in [-0.05, 0) is 60.8 Å². The van der Waals surface area contributed by atoms with Crippen LogP contribution in [0.15, 0.2) is 35.4 Å². The number of nitrogens with zero attached hydrogens (tertiary/aromatic N) is 3. The highest BCUT2D eigenvalue weighted by atomic mass is 32.2. The van der Waals surface area contributed by atoms with Crippen LogP contribution in [0.4, 0.5) is 5.13 Å². The summed E-state index contributed by atoms with van der Waals surface area (Å²) in [5.74, 6) is 0.484. The number of anilines is 1. The van der Waals surface area contributed by atoms with Gasteiger partial charge in [-0.1, -0.05) is 62.9 Å². The van der Waals surface area contributed by atoms with Crippen LogP contribution in [0.25, 0.3) is 10.2 Å². The highest BCUT2D eigenvalue weighted by molar-refractivity contribution is 8.00. The Labute approximate surface area is 197 Å². The largest absolute Gasteiger partial charge is 0.301 e. The fraction of sp³-hybridized carbons (Fsp3) is 0.440. The first-order valence-electron chi connectivity index (χ1n) is 11.0. The van der Waals surface area contributed by atoms with E-state index >= 15 is 0 Å². The van der Waals surface area contributed by atoms with E-state index in [0.29, 0.717) is 28.1 Å². The lowest BCUT2D eigenvalue weighted by molar-refractivity contribution is -0.115. The van der Waals surface area contributed by atoms with Gasteiger partial charge in [-0.3, -0.25) is 4.79 Å². The van der Waals surface area contributed by atoms with E-state index in [0.717, 1.165) is 35.2 Å². The highest BCUT2D eigenvalue weighted by Gasteiger charge is 2.30. The van der Waals surface area contributed by atoms with Crippen LogP contribution in [-0.2, 0) is 17.6 Å². The number of fused-ring (bicyclic) bond motifs is 2. The zero-order valence-corrected chi connectivity index (χ0v) is 20.6. The van der Waals surface area contributed by atoms with Gasteiger partial charge in [0.25, 0.3) is 0 Å². The summed E-state index contributed by atoms with van der Waals surface area (Å²) in [6, 6.07) is 12.1. The highest BCUT2D eigenvalue weighted by Crippen LogP contribution is 2.39. The molecule has 2 heterocycles. The molecule has 0 bridgehead atoms. The predicted octanol–water partition coefficient (Wildman–Crippen LogP) is 6.22. The SMILES string of the molecule is CCC(Sc1nc2c(cc1C#N)CC(C(C)(C)C)CC2)C(=O)Nc1nc2ccccc2s1. The number of para-hydroxylation sites is 1. The van der Waals surface area contributed by atoms with Gasteiger partial charge in [-0.15, -0.1) is 0 Å². The van der Waals surface area contributed by atoms with E-state index in [1.807, 2.05) is 37.3 Å². The molecular weight excluding hydrogens is 436 g/mol. The van der Waals surface area contributed by atoms with E-state index in [-0.39, 0.29) is 16.6 Å². The van der Waals surface area contributed by atoms with Crippen molar-refractivity contribution in [1.82, 2.24) is 9.97 Å². The third kappa shape index (κ3) is 4.82. The van der Waals surface area contributed by atoms with Crippen molar-refractivity contribution < 1.29 is 4.79 Å². The number of hydrogen-bond donors (Lipinski definition) is 1. The van der Waals surface area contributed by atoms with Crippen molar-refractivity contribution in [3.8, 4) is 6.07 Å². The summed E-state index contributed by atoms with van der Waals surface area (Å²) < 4.78 is 1.04. The first kappa shape index (κ1) is 22.8. The standard InChI is InChI=1S/C25H28N4OS2/c1-5-20(22(30)29-24-28-19-8-6-7-9-21(19)32-24)31-23-16(14-26)12-15-13-17(25(2,3)4)10-11-18(15)27-23/h6-9,12,17,20H,5,10-11,13H2,1-4H3,(H,28,29,30). The Bertz CT molecular complexity index is 1160. The van der Waals surface area contributed by atoms with Gasteiger partial charge in [0, 0.05) is 5.69 Å². The van der Waals surface area contributed by atoms with Crippen molar-refractivity contribution in [1.29, 1.82) is 5.26 Å². The van der Waals surface area contributed by atoms with Crippen LogP contribution in [0.5, 0.6) is 0 Å². The van der Waals surface area contributed by atoms with Crippen LogP contribution in [0.1, 0.15) is 57.4 Å². The second-order valence-corrected chi connectivity index (χ2v) is 11.6. The molecule has 0 aliphatic heterocycles. The van der Waals surface area contributed by atoms with E-state index in [1.54, 1.807) is 0 Å². The lowest BCUT2D eigenvalue weighted by atomic mass is 9.71. The van der Waals surface area contributed by atoms with Crippen molar-refractivity contribution in [3.63, 3.8) is 0 Å². The number of thioether (sulfide) groups is 1.